The smallest absolute Gasteiger partial charge is 0.256 e. The van der Waals surface area contributed by atoms with Crippen LogP contribution in [0.15, 0.2) is 42.5 Å². The van der Waals surface area contributed by atoms with Crippen LogP contribution >= 0.6 is 0 Å². The van der Waals surface area contributed by atoms with E-state index in [0.29, 0.717) is 5.71 Å². The Hall–Kier alpha value is -2.42. The standard InChI is InChI=1S/C17H18N2O/c1-11-5-4-6-12(2)16(11)17(20)19-15-9-7-14(8-10-15)13(3)18/h4-10,18H,1-3H3,(H,19,20). The first-order valence-corrected chi connectivity index (χ1v) is 6.52. The van der Waals surface area contributed by atoms with Crippen molar-refractivity contribution >= 4 is 17.3 Å². The van der Waals surface area contributed by atoms with Gasteiger partial charge in [0.05, 0.1) is 0 Å². The van der Waals surface area contributed by atoms with E-state index in [0.717, 1.165) is 27.9 Å². The lowest BCUT2D eigenvalue weighted by molar-refractivity contribution is 0.102. The fourth-order valence-electron chi connectivity index (χ4n) is 2.17. The predicted molar refractivity (Wildman–Crippen MR) is 82.8 cm³/mol. The van der Waals surface area contributed by atoms with E-state index >= 15 is 0 Å². The number of amides is 1. The SMILES string of the molecule is CC(=N)c1ccc(NC(=O)c2c(C)cccc2C)cc1. The van der Waals surface area contributed by atoms with Gasteiger partial charge in [0.1, 0.15) is 0 Å². The Labute approximate surface area is 119 Å². The summed E-state index contributed by atoms with van der Waals surface area (Å²) >= 11 is 0. The summed E-state index contributed by atoms with van der Waals surface area (Å²) in [6, 6.07) is 13.1. The van der Waals surface area contributed by atoms with Crippen LogP contribution in [0.25, 0.3) is 0 Å². The molecule has 20 heavy (non-hydrogen) atoms. The summed E-state index contributed by atoms with van der Waals surface area (Å²) in [5, 5.41) is 10.4. The number of carbonyl (C=O) groups is 1. The Bertz CT molecular complexity index is 637. The Morgan fingerprint density at radius 2 is 1.55 bits per heavy atom. The minimum atomic E-state index is -0.0973. The van der Waals surface area contributed by atoms with E-state index in [9.17, 15) is 4.79 Å². The molecule has 0 unspecified atom stereocenters. The molecule has 0 aliphatic carbocycles. The van der Waals surface area contributed by atoms with Crippen molar-refractivity contribution in [1.82, 2.24) is 0 Å². The largest absolute Gasteiger partial charge is 0.322 e. The molecule has 2 N–H and O–H groups in total. The third-order valence-corrected chi connectivity index (χ3v) is 3.28. The van der Waals surface area contributed by atoms with Gasteiger partial charge in [-0.2, -0.15) is 0 Å². The van der Waals surface area contributed by atoms with E-state index in [-0.39, 0.29) is 5.91 Å². The molecular weight excluding hydrogens is 248 g/mol. The lowest BCUT2D eigenvalue weighted by atomic mass is 10.0. The lowest BCUT2D eigenvalue weighted by Gasteiger charge is -2.10. The number of carbonyl (C=O) groups excluding carboxylic acids is 1. The molecule has 0 atom stereocenters. The number of nitrogens with one attached hydrogen (secondary N) is 2. The van der Waals surface area contributed by atoms with Gasteiger partial charge in [-0.25, -0.2) is 0 Å². The molecule has 0 bridgehead atoms. The van der Waals surface area contributed by atoms with Gasteiger partial charge in [0.2, 0.25) is 0 Å². The van der Waals surface area contributed by atoms with Crippen LogP contribution in [0, 0.1) is 19.3 Å². The van der Waals surface area contributed by atoms with E-state index in [1.807, 2.05) is 56.3 Å². The maximum absolute atomic E-state index is 12.3. The number of hydrogen-bond acceptors (Lipinski definition) is 2. The molecule has 0 aliphatic rings. The molecule has 0 saturated carbocycles. The molecule has 2 aromatic rings. The molecule has 102 valence electrons. The molecular formula is C17H18N2O. The highest BCUT2D eigenvalue weighted by molar-refractivity contribution is 6.06. The van der Waals surface area contributed by atoms with Gasteiger partial charge in [0.25, 0.3) is 5.91 Å². The van der Waals surface area contributed by atoms with Crippen LogP contribution in [0.3, 0.4) is 0 Å². The minimum Gasteiger partial charge on any atom is -0.322 e. The molecule has 0 saturated heterocycles. The fourth-order valence-corrected chi connectivity index (χ4v) is 2.17. The quantitative estimate of drug-likeness (QED) is 0.812. The highest BCUT2D eigenvalue weighted by Crippen LogP contribution is 2.16. The van der Waals surface area contributed by atoms with Gasteiger partial charge in [-0.05, 0) is 49.6 Å². The van der Waals surface area contributed by atoms with Crippen LogP contribution in [0.1, 0.15) is 34.0 Å². The predicted octanol–water partition coefficient (Wildman–Crippen LogP) is 3.94. The highest BCUT2D eigenvalue weighted by atomic mass is 16.1. The van der Waals surface area contributed by atoms with Crippen molar-refractivity contribution in [3.8, 4) is 0 Å². The molecule has 3 nitrogen and oxygen atoms in total. The number of aryl methyl sites for hydroxylation is 2. The van der Waals surface area contributed by atoms with Gasteiger partial charge in [-0.1, -0.05) is 30.3 Å². The van der Waals surface area contributed by atoms with Crippen molar-refractivity contribution in [1.29, 1.82) is 5.41 Å². The second kappa shape index (κ2) is 5.70. The van der Waals surface area contributed by atoms with E-state index < -0.39 is 0 Å². The third kappa shape index (κ3) is 2.94. The van der Waals surface area contributed by atoms with Gasteiger partial charge in [0.15, 0.2) is 0 Å². The average molecular weight is 266 g/mol. The summed E-state index contributed by atoms with van der Waals surface area (Å²) in [6.07, 6.45) is 0. The van der Waals surface area contributed by atoms with Crippen molar-refractivity contribution in [2.24, 2.45) is 0 Å². The Morgan fingerprint density at radius 1 is 1.00 bits per heavy atom. The highest BCUT2D eigenvalue weighted by Gasteiger charge is 2.11. The zero-order valence-corrected chi connectivity index (χ0v) is 11.9. The van der Waals surface area contributed by atoms with E-state index in [2.05, 4.69) is 5.32 Å². The number of hydrogen-bond donors (Lipinski definition) is 2. The molecule has 0 aliphatic heterocycles. The second-order valence-corrected chi connectivity index (χ2v) is 4.92. The van der Waals surface area contributed by atoms with E-state index in [1.165, 1.54) is 0 Å². The summed E-state index contributed by atoms with van der Waals surface area (Å²) in [4.78, 5) is 12.3. The normalized spacial score (nSPS) is 10.2. The van der Waals surface area contributed by atoms with Crippen molar-refractivity contribution in [3.05, 3.63) is 64.7 Å². The Morgan fingerprint density at radius 3 is 2.05 bits per heavy atom. The molecule has 0 heterocycles. The number of anilines is 1. The van der Waals surface area contributed by atoms with Crippen LogP contribution in [-0.2, 0) is 0 Å². The molecule has 2 aromatic carbocycles. The van der Waals surface area contributed by atoms with Crippen LogP contribution < -0.4 is 5.32 Å². The average Bonchev–Trinajstić information content (AvgIpc) is 2.39. The summed E-state index contributed by atoms with van der Waals surface area (Å²) < 4.78 is 0. The summed E-state index contributed by atoms with van der Waals surface area (Å²) in [7, 11) is 0. The zero-order chi connectivity index (χ0) is 14.7. The van der Waals surface area contributed by atoms with Crippen molar-refractivity contribution in [2.45, 2.75) is 20.8 Å². The van der Waals surface area contributed by atoms with E-state index in [4.69, 9.17) is 5.41 Å². The summed E-state index contributed by atoms with van der Waals surface area (Å²) in [6.45, 7) is 5.61. The Kier molecular flexibility index (Phi) is 3.99. The van der Waals surface area contributed by atoms with Gasteiger partial charge < -0.3 is 10.7 Å². The molecule has 1 amide bonds. The minimum absolute atomic E-state index is 0.0973. The van der Waals surface area contributed by atoms with Gasteiger partial charge in [0, 0.05) is 17.0 Å². The van der Waals surface area contributed by atoms with Crippen LogP contribution in [-0.4, -0.2) is 11.6 Å². The van der Waals surface area contributed by atoms with Gasteiger partial charge >= 0.3 is 0 Å². The summed E-state index contributed by atoms with van der Waals surface area (Å²) in [5.41, 5.74) is 4.76. The summed E-state index contributed by atoms with van der Waals surface area (Å²) in [5.74, 6) is -0.0973. The molecule has 2 rings (SSSR count). The Balaban J connectivity index is 2.21. The maximum Gasteiger partial charge on any atom is 0.256 e. The molecule has 0 fully saturated rings. The first-order valence-electron chi connectivity index (χ1n) is 6.52. The number of rotatable bonds is 3. The monoisotopic (exact) mass is 266 g/mol. The molecule has 0 radical (unpaired) electrons. The first-order chi connectivity index (χ1) is 9.49. The van der Waals surface area contributed by atoms with Crippen LogP contribution in [0.2, 0.25) is 0 Å². The molecule has 0 spiro atoms. The molecule has 0 aromatic heterocycles. The van der Waals surface area contributed by atoms with Crippen molar-refractivity contribution in [2.75, 3.05) is 5.32 Å². The second-order valence-electron chi connectivity index (χ2n) is 4.92. The van der Waals surface area contributed by atoms with Crippen molar-refractivity contribution in [3.63, 3.8) is 0 Å². The van der Waals surface area contributed by atoms with Crippen LogP contribution in [0.4, 0.5) is 5.69 Å². The third-order valence-electron chi connectivity index (χ3n) is 3.28. The maximum atomic E-state index is 12.3. The zero-order valence-electron chi connectivity index (χ0n) is 11.9. The van der Waals surface area contributed by atoms with Crippen molar-refractivity contribution < 1.29 is 4.79 Å². The van der Waals surface area contributed by atoms with Crippen LogP contribution in [0.5, 0.6) is 0 Å². The lowest BCUT2D eigenvalue weighted by Crippen LogP contribution is -2.15. The topological polar surface area (TPSA) is 53.0 Å². The first kappa shape index (κ1) is 14.0. The van der Waals surface area contributed by atoms with E-state index in [1.54, 1.807) is 6.92 Å². The van der Waals surface area contributed by atoms with Gasteiger partial charge in [-0.3, -0.25) is 4.79 Å². The molecule has 3 heteroatoms. The fraction of sp³-hybridized carbons (Fsp3) is 0.176. The number of benzene rings is 2. The van der Waals surface area contributed by atoms with Gasteiger partial charge in [-0.15, -0.1) is 0 Å².